The molecule has 0 saturated heterocycles. The Hall–Kier alpha value is -1.49. The smallest absolute Gasteiger partial charge is 0.190 e. The largest absolute Gasteiger partial charge is 0.370 e. The Labute approximate surface area is 118 Å². The molecule has 2 aromatic heterocycles. The van der Waals surface area contributed by atoms with Gasteiger partial charge in [-0.1, -0.05) is 20.8 Å². The van der Waals surface area contributed by atoms with Gasteiger partial charge in [0.2, 0.25) is 0 Å². The molecule has 0 aliphatic carbocycles. The van der Waals surface area contributed by atoms with Gasteiger partial charge in [-0.05, 0) is 19.3 Å². The highest BCUT2D eigenvalue weighted by Gasteiger charge is 2.16. The number of hydrogen-bond acceptors (Lipinski definition) is 5. The lowest BCUT2D eigenvalue weighted by atomic mass is 10.0. The SMILES string of the molecule is CCCNc1nc(-c2nccs2)nc(C)c1C(C)C. The molecule has 0 fully saturated rings. The molecule has 19 heavy (non-hydrogen) atoms. The first kappa shape index (κ1) is 13.9. The van der Waals surface area contributed by atoms with Gasteiger partial charge in [-0.15, -0.1) is 11.3 Å². The lowest BCUT2D eigenvalue weighted by molar-refractivity contribution is 0.826. The van der Waals surface area contributed by atoms with E-state index < -0.39 is 0 Å². The Morgan fingerprint density at radius 1 is 1.32 bits per heavy atom. The summed E-state index contributed by atoms with van der Waals surface area (Å²) in [5.41, 5.74) is 2.24. The van der Waals surface area contributed by atoms with Crippen molar-refractivity contribution in [1.29, 1.82) is 0 Å². The lowest BCUT2D eigenvalue weighted by Gasteiger charge is -2.16. The zero-order chi connectivity index (χ0) is 13.8. The van der Waals surface area contributed by atoms with Crippen molar-refractivity contribution in [2.45, 2.75) is 40.0 Å². The number of aryl methyl sites for hydroxylation is 1. The van der Waals surface area contributed by atoms with E-state index in [9.17, 15) is 0 Å². The molecule has 0 spiro atoms. The molecule has 0 radical (unpaired) electrons. The van der Waals surface area contributed by atoms with E-state index in [0.29, 0.717) is 5.92 Å². The monoisotopic (exact) mass is 276 g/mol. The van der Waals surface area contributed by atoms with E-state index in [-0.39, 0.29) is 0 Å². The van der Waals surface area contributed by atoms with Gasteiger partial charge in [0.15, 0.2) is 10.8 Å². The van der Waals surface area contributed by atoms with Crippen molar-refractivity contribution >= 4 is 17.2 Å². The summed E-state index contributed by atoms with van der Waals surface area (Å²) >= 11 is 1.57. The Morgan fingerprint density at radius 2 is 2.11 bits per heavy atom. The molecular formula is C14H20N4S. The standard InChI is InChI=1S/C14H20N4S/c1-5-6-15-12-11(9(2)3)10(4)17-13(18-12)14-16-7-8-19-14/h7-9H,5-6H2,1-4H3,(H,15,17,18). The van der Waals surface area contributed by atoms with E-state index in [1.165, 1.54) is 5.56 Å². The summed E-state index contributed by atoms with van der Waals surface area (Å²) < 4.78 is 0. The van der Waals surface area contributed by atoms with Crippen molar-refractivity contribution in [3.63, 3.8) is 0 Å². The van der Waals surface area contributed by atoms with E-state index in [4.69, 9.17) is 0 Å². The molecule has 0 bridgehead atoms. The van der Waals surface area contributed by atoms with Crippen LogP contribution in [-0.4, -0.2) is 21.5 Å². The normalized spacial score (nSPS) is 11.0. The maximum atomic E-state index is 4.66. The molecule has 0 aromatic carbocycles. The van der Waals surface area contributed by atoms with Crippen molar-refractivity contribution in [3.05, 3.63) is 22.8 Å². The summed E-state index contributed by atoms with van der Waals surface area (Å²) in [6.07, 6.45) is 2.86. The van der Waals surface area contributed by atoms with E-state index >= 15 is 0 Å². The predicted molar refractivity (Wildman–Crippen MR) is 80.7 cm³/mol. The molecule has 1 N–H and O–H groups in total. The number of nitrogens with one attached hydrogen (secondary N) is 1. The van der Waals surface area contributed by atoms with Crippen molar-refractivity contribution in [1.82, 2.24) is 15.0 Å². The molecule has 0 atom stereocenters. The fourth-order valence-corrected chi connectivity index (χ4v) is 2.65. The molecule has 2 aromatic rings. The summed E-state index contributed by atoms with van der Waals surface area (Å²) in [5, 5.41) is 6.23. The third-order valence-corrected chi connectivity index (χ3v) is 3.65. The second kappa shape index (κ2) is 6.10. The molecule has 0 saturated carbocycles. The number of anilines is 1. The van der Waals surface area contributed by atoms with E-state index in [0.717, 1.165) is 35.3 Å². The molecule has 0 aliphatic rings. The van der Waals surface area contributed by atoms with Crippen molar-refractivity contribution in [3.8, 4) is 10.8 Å². The number of hydrogen-bond donors (Lipinski definition) is 1. The Morgan fingerprint density at radius 3 is 2.68 bits per heavy atom. The van der Waals surface area contributed by atoms with Crippen LogP contribution < -0.4 is 5.32 Å². The zero-order valence-electron chi connectivity index (χ0n) is 11.9. The highest BCUT2D eigenvalue weighted by Crippen LogP contribution is 2.28. The zero-order valence-corrected chi connectivity index (χ0v) is 12.7. The number of nitrogens with zero attached hydrogens (tertiary/aromatic N) is 3. The van der Waals surface area contributed by atoms with Crippen LogP contribution in [0.4, 0.5) is 5.82 Å². The summed E-state index contributed by atoms with van der Waals surface area (Å²) in [7, 11) is 0. The molecule has 0 amide bonds. The third-order valence-electron chi connectivity index (χ3n) is 2.88. The second-order valence-corrected chi connectivity index (χ2v) is 5.71. The van der Waals surface area contributed by atoms with Crippen LogP contribution in [0.5, 0.6) is 0 Å². The topological polar surface area (TPSA) is 50.7 Å². The van der Waals surface area contributed by atoms with Crippen molar-refractivity contribution < 1.29 is 0 Å². The lowest BCUT2D eigenvalue weighted by Crippen LogP contribution is -2.10. The van der Waals surface area contributed by atoms with Crippen LogP contribution >= 0.6 is 11.3 Å². The molecular weight excluding hydrogens is 256 g/mol. The highest BCUT2D eigenvalue weighted by molar-refractivity contribution is 7.13. The Bertz CT molecular complexity index is 535. The van der Waals surface area contributed by atoms with E-state index in [1.807, 2.05) is 12.3 Å². The van der Waals surface area contributed by atoms with Gasteiger partial charge in [0, 0.05) is 29.4 Å². The van der Waals surface area contributed by atoms with Crippen LogP contribution in [0, 0.1) is 6.92 Å². The van der Waals surface area contributed by atoms with Crippen molar-refractivity contribution in [2.24, 2.45) is 0 Å². The maximum Gasteiger partial charge on any atom is 0.190 e. The first-order valence-electron chi connectivity index (χ1n) is 6.65. The van der Waals surface area contributed by atoms with Gasteiger partial charge < -0.3 is 5.32 Å². The number of aromatic nitrogens is 3. The van der Waals surface area contributed by atoms with Crippen LogP contribution in [0.15, 0.2) is 11.6 Å². The van der Waals surface area contributed by atoms with Gasteiger partial charge in [-0.3, -0.25) is 0 Å². The molecule has 2 rings (SSSR count). The van der Waals surface area contributed by atoms with Gasteiger partial charge in [0.05, 0.1) is 0 Å². The van der Waals surface area contributed by atoms with E-state index in [2.05, 4.69) is 41.0 Å². The minimum Gasteiger partial charge on any atom is -0.370 e. The van der Waals surface area contributed by atoms with Crippen LogP contribution in [0.1, 0.15) is 44.4 Å². The Balaban J connectivity index is 2.47. The van der Waals surface area contributed by atoms with Crippen LogP contribution in [0.3, 0.4) is 0 Å². The fourth-order valence-electron chi connectivity index (χ4n) is 2.08. The van der Waals surface area contributed by atoms with Crippen LogP contribution in [0.25, 0.3) is 10.8 Å². The average molecular weight is 276 g/mol. The summed E-state index contributed by atoms with van der Waals surface area (Å²) in [6, 6.07) is 0. The number of rotatable bonds is 5. The van der Waals surface area contributed by atoms with Crippen LogP contribution in [-0.2, 0) is 0 Å². The molecule has 102 valence electrons. The molecule has 2 heterocycles. The second-order valence-electron chi connectivity index (χ2n) is 4.81. The predicted octanol–water partition coefficient (Wildman–Crippen LogP) is 3.85. The minimum atomic E-state index is 0.407. The highest BCUT2D eigenvalue weighted by atomic mass is 32.1. The maximum absolute atomic E-state index is 4.66. The Kier molecular flexibility index (Phi) is 4.47. The molecule has 4 nitrogen and oxygen atoms in total. The minimum absolute atomic E-state index is 0.407. The molecule has 0 aliphatic heterocycles. The molecule has 5 heteroatoms. The van der Waals surface area contributed by atoms with Crippen molar-refractivity contribution in [2.75, 3.05) is 11.9 Å². The average Bonchev–Trinajstić information content (AvgIpc) is 2.88. The summed E-state index contributed by atoms with van der Waals surface area (Å²) in [6.45, 7) is 9.47. The van der Waals surface area contributed by atoms with Gasteiger partial charge in [0.1, 0.15) is 5.82 Å². The first-order valence-corrected chi connectivity index (χ1v) is 7.53. The fraction of sp³-hybridized carbons (Fsp3) is 0.500. The van der Waals surface area contributed by atoms with Crippen LogP contribution in [0.2, 0.25) is 0 Å². The van der Waals surface area contributed by atoms with Gasteiger partial charge in [-0.2, -0.15) is 0 Å². The summed E-state index contributed by atoms with van der Waals surface area (Å²) in [5.74, 6) is 2.08. The third kappa shape index (κ3) is 3.10. The van der Waals surface area contributed by atoms with Gasteiger partial charge in [-0.25, -0.2) is 15.0 Å². The van der Waals surface area contributed by atoms with Gasteiger partial charge in [0.25, 0.3) is 0 Å². The summed E-state index contributed by atoms with van der Waals surface area (Å²) in [4.78, 5) is 13.6. The molecule has 0 unspecified atom stereocenters. The quantitative estimate of drug-likeness (QED) is 0.901. The first-order chi connectivity index (χ1) is 9.13. The van der Waals surface area contributed by atoms with E-state index in [1.54, 1.807) is 17.5 Å². The number of thiazole rings is 1. The van der Waals surface area contributed by atoms with Gasteiger partial charge >= 0.3 is 0 Å².